The van der Waals surface area contributed by atoms with Gasteiger partial charge >= 0.3 is 5.97 Å². The van der Waals surface area contributed by atoms with E-state index in [2.05, 4.69) is 0 Å². The molecule has 0 heterocycles. The monoisotopic (exact) mass is 281 g/mol. The van der Waals surface area contributed by atoms with Gasteiger partial charge in [-0.2, -0.15) is 0 Å². The average molecular weight is 281 g/mol. The number of carbonyl (C=O) groups is 2. The Labute approximate surface area is 123 Å². The normalized spacial score (nSPS) is 11.0. The van der Waals surface area contributed by atoms with E-state index in [1.165, 1.54) is 13.1 Å². The zero-order chi connectivity index (χ0) is 15.2. The van der Waals surface area contributed by atoms with Gasteiger partial charge in [0.2, 0.25) is 0 Å². The first-order valence-corrected chi connectivity index (χ1v) is 6.42. The Kier molecular flexibility index (Phi) is 4.51. The first-order chi connectivity index (χ1) is 10.1. The molecule has 0 unspecified atom stereocenters. The fourth-order valence-electron chi connectivity index (χ4n) is 1.89. The molecule has 2 aromatic carbocycles. The van der Waals surface area contributed by atoms with E-state index in [0.29, 0.717) is 5.56 Å². The van der Waals surface area contributed by atoms with Gasteiger partial charge in [-0.15, -0.1) is 0 Å². The SMILES string of the molecule is CN(C(=O)c1ccccc1)C(=Cc1ccccc1)C(=O)O. The molecular weight excluding hydrogens is 266 g/mol. The molecule has 0 radical (unpaired) electrons. The highest BCUT2D eigenvalue weighted by Gasteiger charge is 2.20. The van der Waals surface area contributed by atoms with Crippen LogP contribution >= 0.6 is 0 Å². The highest BCUT2D eigenvalue weighted by molar-refractivity contribution is 6.02. The van der Waals surface area contributed by atoms with Crippen molar-refractivity contribution < 1.29 is 14.7 Å². The molecule has 4 heteroatoms. The van der Waals surface area contributed by atoms with Crippen molar-refractivity contribution in [3.8, 4) is 0 Å². The van der Waals surface area contributed by atoms with E-state index in [4.69, 9.17) is 0 Å². The van der Waals surface area contributed by atoms with Gasteiger partial charge in [0.15, 0.2) is 0 Å². The molecule has 2 rings (SSSR count). The molecule has 0 atom stereocenters. The first-order valence-electron chi connectivity index (χ1n) is 6.42. The second-order valence-electron chi connectivity index (χ2n) is 4.48. The van der Waals surface area contributed by atoms with Gasteiger partial charge in [-0.3, -0.25) is 4.79 Å². The van der Waals surface area contributed by atoms with E-state index in [9.17, 15) is 14.7 Å². The fraction of sp³-hybridized carbons (Fsp3) is 0.0588. The van der Waals surface area contributed by atoms with Gasteiger partial charge in [-0.1, -0.05) is 48.5 Å². The molecule has 1 amide bonds. The minimum absolute atomic E-state index is 0.0740. The molecule has 0 saturated heterocycles. The molecule has 0 saturated carbocycles. The Morgan fingerprint density at radius 3 is 2.00 bits per heavy atom. The number of nitrogens with zero attached hydrogens (tertiary/aromatic N) is 1. The second kappa shape index (κ2) is 6.52. The number of benzene rings is 2. The largest absolute Gasteiger partial charge is 0.477 e. The van der Waals surface area contributed by atoms with Crippen LogP contribution in [0.2, 0.25) is 0 Å². The average Bonchev–Trinajstić information content (AvgIpc) is 2.53. The third-order valence-electron chi connectivity index (χ3n) is 3.01. The molecule has 0 aliphatic carbocycles. The number of hydrogen-bond acceptors (Lipinski definition) is 2. The summed E-state index contributed by atoms with van der Waals surface area (Å²) in [5, 5.41) is 9.34. The third kappa shape index (κ3) is 3.57. The smallest absolute Gasteiger partial charge is 0.352 e. The molecule has 0 aliphatic heterocycles. The Bertz CT molecular complexity index is 663. The van der Waals surface area contributed by atoms with E-state index in [1.54, 1.807) is 42.5 Å². The van der Waals surface area contributed by atoms with Gasteiger partial charge in [0.05, 0.1) is 0 Å². The van der Waals surface area contributed by atoms with Crippen LogP contribution in [0.4, 0.5) is 0 Å². The number of amides is 1. The summed E-state index contributed by atoms with van der Waals surface area (Å²) in [6.07, 6.45) is 1.48. The van der Waals surface area contributed by atoms with Crippen molar-refractivity contribution in [2.45, 2.75) is 0 Å². The topological polar surface area (TPSA) is 57.6 Å². The lowest BCUT2D eigenvalue weighted by Gasteiger charge is -2.18. The number of carboxylic acid groups (broad SMARTS) is 1. The molecule has 0 spiro atoms. The molecule has 0 aliphatic rings. The predicted molar refractivity (Wildman–Crippen MR) is 80.6 cm³/mol. The summed E-state index contributed by atoms with van der Waals surface area (Å²) < 4.78 is 0. The van der Waals surface area contributed by atoms with Crippen LogP contribution in [-0.2, 0) is 4.79 Å². The summed E-state index contributed by atoms with van der Waals surface area (Å²) in [6, 6.07) is 17.6. The van der Waals surface area contributed by atoms with Gasteiger partial charge in [-0.05, 0) is 23.8 Å². The number of hydrogen-bond donors (Lipinski definition) is 1. The molecule has 106 valence electrons. The number of carbonyl (C=O) groups excluding carboxylic acids is 1. The molecule has 21 heavy (non-hydrogen) atoms. The minimum Gasteiger partial charge on any atom is -0.477 e. The van der Waals surface area contributed by atoms with Crippen molar-refractivity contribution in [1.82, 2.24) is 4.90 Å². The van der Waals surface area contributed by atoms with Gasteiger partial charge in [0, 0.05) is 12.6 Å². The highest BCUT2D eigenvalue weighted by Crippen LogP contribution is 2.13. The number of carboxylic acids is 1. The molecule has 4 nitrogen and oxygen atoms in total. The quantitative estimate of drug-likeness (QED) is 0.877. The zero-order valence-corrected chi connectivity index (χ0v) is 11.6. The van der Waals surface area contributed by atoms with Crippen molar-refractivity contribution in [3.05, 3.63) is 77.5 Å². The van der Waals surface area contributed by atoms with Gasteiger partial charge in [0.1, 0.15) is 5.70 Å². The van der Waals surface area contributed by atoms with Crippen LogP contribution in [0.3, 0.4) is 0 Å². The number of aliphatic carboxylic acids is 1. The van der Waals surface area contributed by atoms with Crippen molar-refractivity contribution in [1.29, 1.82) is 0 Å². The van der Waals surface area contributed by atoms with Gasteiger partial charge in [0.25, 0.3) is 5.91 Å². The van der Waals surface area contributed by atoms with Crippen LogP contribution in [0, 0.1) is 0 Å². The lowest BCUT2D eigenvalue weighted by molar-refractivity contribution is -0.133. The van der Waals surface area contributed by atoms with E-state index < -0.39 is 5.97 Å². The summed E-state index contributed by atoms with van der Waals surface area (Å²) >= 11 is 0. The molecule has 0 fully saturated rings. The summed E-state index contributed by atoms with van der Waals surface area (Å²) in [7, 11) is 1.46. The Hall–Kier alpha value is -2.88. The van der Waals surface area contributed by atoms with Crippen molar-refractivity contribution in [2.24, 2.45) is 0 Å². The van der Waals surface area contributed by atoms with Crippen LogP contribution in [0.15, 0.2) is 66.4 Å². The third-order valence-corrected chi connectivity index (χ3v) is 3.01. The summed E-state index contributed by atoms with van der Waals surface area (Å²) in [4.78, 5) is 24.9. The maximum atomic E-state index is 12.3. The highest BCUT2D eigenvalue weighted by atomic mass is 16.4. The lowest BCUT2D eigenvalue weighted by atomic mass is 10.1. The summed E-state index contributed by atoms with van der Waals surface area (Å²) in [6.45, 7) is 0. The number of likely N-dealkylation sites (N-methyl/N-ethyl adjacent to an activating group) is 1. The molecule has 2 aromatic rings. The first kappa shape index (κ1) is 14.5. The van der Waals surface area contributed by atoms with Crippen molar-refractivity contribution in [2.75, 3.05) is 7.05 Å². The molecule has 0 aromatic heterocycles. The van der Waals surface area contributed by atoms with Gasteiger partial charge in [-0.25, -0.2) is 4.79 Å². The molecular formula is C17H15NO3. The number of rotatable bonds is 4. The maximum Gasteiger partial charge on any atom is 0.352 e. The van der Waals surface area contributed by atoms with Crippen LogP contribution < -0.4 is 0 Å². The predicted octanol–water partition coefficient (Wildman–Crippen LogP) is 2.88. The lowest BCUT2D eigenvalue weighted by Crippen LogP contribution is -2.29. The maximum absolute atomic E-state index is 12.3. The van der Waals surface area contributed by atoms with E-state index in [1.807, 2.05) is 18.2 Å². The van der Waals surface area contributed by atoms with Crippen LogP contribution in [0.25, 0.3) is 6.08 Å². The Morgan fingerprint density at radius 2 is 1.48 bits per heavy atom. The Balaban J connectivity index is 2.33. The second-order valence-corrected chi connectivity index (χ2v) is 4.48. The summed E-state index contributed by atoms with van der Waals surface area (Å²) in [5.74, 6) is -1.51. The van der Waals surface area contributed by atoms with Gasteiger partial charge < -0.3 is 10.0 Å². The van der Waals surface area contributed by atoms with Crippen molar-refractivity contribution in [3.63, 3.8) is 0 Å². The molecule has 0 bridgehead atoms. The molecule has 1 N–H and O–H groups in total. The van der Waals surface area contributed by atoms with Crippen LogP contribution in [-0.4, -0.2) is 28.9 Å². The van der Waals surface area contributed by atoms with E-state index in [0.717, 1.165) is 10.5 Å². The Morgan fingerprint density at radius 1 is 0.952 bits per heavy atom. The minimum atomic E-state index is -1.15. The fourth-order valence-corrected chi connectivity index (χ4v) is 1.89. The van der Waals surface area contributed by atoms with Crippen LogP contribution in [0.5, 0.6) is 0 Å². The van der Waals surface area contributed by atoms with Crippen molar-refractivity contribution >= 4 is 18.0 Å². The zero-order valence-electron chi connectivity index (χ0n) is 11.6. The summed E-state index contributed by atoms with van der Waals surface area (Å²) in [5.41, 5.74) is 1.10. The van der Waals surface area contributed by atoms with E-state index >= 15 is 0 Å². The standard InChI is InChI=1S/C17H15NO3/c1-18(16(19)14-10-6-3-7-11-14)15(17(20)21)12-13-8-4-2-5-9-13/h2-12H,1H3,(H,20,21). The van der Waals surface area contributed by atoms with E-state index in [-0.39, 0.29) is 11.6 Å². The van der Waals surface area contributed by atoms with Crippen LogP contribution in [0.1, 0.15) is 15.9 Å².